The SMILES string of the molecule is CC(C)CCC(=O)C1(N)CC1. The van der Waals surface area contributed by atoms with Crippen molar-refractivity contribution < 1.29 is 4.79 Å². The Morgan fingerprint density at radius 3 is 2.45 bits per heavy atom. The van der Waals surface area contributed by atoms with E-state index >= 15 is 0 Å². The molecular formula is C9H17NO. The van der Waals surface area contributed by atoms with Crippen molar-refractivity contribution in [2.75, 3.05) is 0 Å². The lowest BCUT2D eigenvalue weighted by molar-refractivity contribution is -0.121. The van der Waals surface area contributed by atoms with Gasteiger partial charge >= 0.3 is 0 Å². The maximum Gasteiger partial charge on any atom is 0.152 e. The van der Waals surface area contributed by atoms with E-state index in [0.717, 1.165) is 19.3 Å². The van der Waals surface area contributed by atoms with Crippen molar-refractivity contribution in [3.8, 4) is 0 Å². The zero-order valence-electron chi connectivity index (χ0n) is 7.39. The molecule has 0 aliphatic heterocycles. The van der Waals surface area contributed by atoms with Gasteiger partial charge in [0.2, 0.25) is 0 Å². The highest BCUT2D eigenvalue weighted by Crippen LogP contribution is 2.34. The van der Waals surface area contributed by atoms with Crippen LogP contribution >= 0.6 is 0 Å². The minimum absolute atomic E-state index is 0.270. The second kappa shape index (κ2) is 2.94. The van der Waals surface area contributed by atoms with Gasteiger partial charge in [0.15, 0.2) is 5.78 Å². The highest BCUT2D eigenvalue weighted by Gasteiger charge is 2.44. The average molecular weight is 155 g/mol. The van der Waals surface area contributed by atoms with Crippen molar-refractivity contribution >= 4 is 5.78 Å². The van der Waals surface area contributed by atoms with E-state index in [1.165, 1.54) is 0 Å². The van der Waals surface area contributed by atoms with Crippen molar-refractivity contribution in [3.63, 3.8) is 0 Å². The highest BCUT2D eigenvalue weighted by atomic mass is 16.1. The molecular weight excluding hydrogens is 138 g/mol. The second-order valence-corrected chi connectivity index (χ2v) is 4.01. The number of carbonyl (C=O) groups excluding carboxylic acids is 1. The molecule has 11 heavy (non-hydrogen) atoms. The maximum atomic E-state index is 11.3. The van der Waals surface area contributed by atoms with Crippen LogP contribution in [0.25, 0.3) is 0 Å². The van der Waals surface area contributed by atoms with E-state index in [-0.39, 0.29) is 5.78 Å². The largest absolute Gasteiger partial charge is 0.319 e. The van der Waals surface area contributed by atoms with Crippen LogP contribution in [0.15, 0.2) is 0 Å². The van der Waals surface area contributed by atoms with E-state index in [9.17, 15) is 4.79 Å². The molecule has 64 valence electrons. The lowest BCUT2D eigenvalue weighted by Crippen LogP contribution is -2.32. The lowest BCUT2D eigenvalue weighted by atomic mass is 10.0. The van der Waals surface area contributed by atoms with E-state index < -0.39 is 5.54 Å². The molecule has 1 rings (SSSR count). The van der Waals surface area contributed by atoms with E-state index in [4.69, 9.17) is 5.73 Å². The number of rotatable bonds is 4. The van der Waals surface area contributed by atoms with Gasteiger partial charge in [-0.25, -0.2) is 0 Å². The summed E-state index contributed by atoms with van der Waals surface area (Å²) >= 11 is 0. The van der Waals surface area contributed by atoms with Gasteiger partial charge in [0.05, 0.1) is 5.54 Å². The van der Waals surface area contributed by atoms with Crippen LogP contribution in [0, 0.1) is 5.92 Å². The van der Waals surface area contributed by atoms with E-state index in [1.54, 1.807) is 0 Å². The highest BCUT2D eigenvalue weighted by molar-refractivity contribution is 5.90. The van der Waals surface area contributed by atoms with E-state index in [0.29, 0.717) is 12.3 Å². The lowest BCUT2D eigenvalue weighted by Gasteiger charge is -2.08. The summed E-state index contributed by atoms with van der Waals surface area (Å²) in [6.07, 6.45) is 3.47. The number of nitrogens with two attached hydrogens (primary N) is 1. The summed E-state index contributed by atoms with van der Waals surface area (Å²) in [6, 6.07) is 0. The molecule has 0 bridgehead atoms. The molecule has 0 heterocycles. The summed E-state index contributed by atoms with van der Waals surface area (Å²) in [5.74, 6) is 0.882. The summed E-state index contributed by atoms with van der Waals surface area (Å²) < 4.78 is 0. The first kappa shape index (κ1) is 8.72. The normalized spacial score (nSPS) is 20.4. The summed E-state index contributed by atoms with van der Waals surface area (Å²) in [5, 5.41) is 0. The van der Waals surface area contributed by atoms with Crippen molar-refractivity contribution in [3.05, 3.63) is 0 Å². The Kier molecular flexibility index (Phi) is 2.33. The molecule has 0 radical (unpaired) electrons. The minimum atomic E-state index is -0.394. The molecule has 0 aromatic carbocycles. The van der Waals surface area contributed by atoms with Crippen molar-refractivity contribution in [2.24, 2.45) is 11.7 Å². The van der Waals surface area contributed by atoms with Crippen LogP contribution in [-0.2, 0) is 4.79 Å². The van der Waals surface area contributed by atoms with Gasteiger partial charge in [-0.2, -0.15) is 0 Å². The molecule has 0 unspecified atom stereocenters. The Balaban J connectivity index is 2.22. The molecule has 0 saturated heterocycles. The molecule has 1 aliphatic carbocycles. The van der Waals surface area contributed by atoms with Crippen molar-refractivity contribution in [1.82, 2.24) is 0 Å². The quantitative estimate of drug-likeness (QED) is 0.668. The fourth-order valence-electron chi connectivity index (χ4n) is 1.08. The van der Waals surface area contributed by atoms with Gasteiger partial charge in [-0.05, 0) is 25.2 Å². The Hall–Kier alpha value is -0.370. The van der Waals surface area contributed by atoms with E-state index in [1.807, 2.05) is 0 Å². The first-order valence-electron chi connectivity index (χ1n) is 4.37. The van der Waals surface area contributed by atoms with E-state index in [2.05, 4.69) is 13.8 Å². The third-order valence-corrected chi connectivity index (χ3v) is 2.29. The maximum absolute atomic E-state index is 11.3. The molecule has 1 saturated carbocycles. The van der Waals surface area contributed by atoms with Gasteiger partial charge in [0.1, 0.15) is 0 Å². The van der Waals surface area contributed by atoms with Crippen LogP contribution in [-0.4, -0.2) is 11.3 Å². The molecule has 2 nitrogen and oxygen atoms in total. The topological polar surface area (TPSA) is 43.1 Å². The first-order valence-corrected chi connectivity index (χ1v) is 4.37. The molecule has 0 atom stereocenters. The number of Topliss-reactive ketones (excluding diaryl/α,β-unsaturated/α-hetero) is 1. The molecule has 1 fully saturated rings. The van der Waals surface area contributed by atoms with Crippen LogP contribution in [0.2, 0.25) is 0 Å². The first-order chi connectivity index (χ1) is 5.04. The predicted octanol–water partition coefficient (Wildman–Crippen LogP) is 1.48. The summed E-state index contributed by atoms with van der Waals surface area (Å²) in [4.78, 5) is 11.3. The smallest absolute Gasteiger partial charge is 0.152 e. The fraction of sp³-hybridized carbons (Fsp3) is 0.889. The van der Waals surface area contributed by atoms with Gasteiger partial charge in [0.25, 0.3) is 0 Å². The molecule has 0 aromatic rings. The molecule has 1 aliphatic rings. The van der Waals surface area contributed by atoms with Crippen molar-refractivity contribution in [2.45, 2.75) is 45.1 Å². The third-order valence-electron chi connectivity index (χ3n) is 2.29. The van der Waals surface area contributed by atoms with Gasteiger partial charge < -0.3 is 5.73 Å². The second-order valence-electron chi connectivity index (χ2n) is 4.01. The van der Waals surface area contributed by atoms with Crippen LogP contribution in [0.5, 0.6) is 0 Å². The molecule has 0 amide bonds. The minimum Gasteiger partial charge on any atom is -0.319 e. The Morgan fingerprint density at radius 2 is 2.09 bits per heavy atom. The zero-order valence-corrected chi connectivity index (χ0v) is 7.39. The summed E-state index contributed by atoms with van der Waals surface area (Å²) in [5.41, 5.74) is 5.33. The molecule has 2 heteroatoms. The zero-order chi connectivity index (χ0) is 8.48. The molecule has 2 N–H and O–H groups in total. The monoisotopic (exact) mass is 155 g/mol. The third kappa shape index (κ3) is 2.29. The Morgan fingerprint density at radius 1 is 1.55 bits per heavy atom. The van der Waals surface area contributed by atoms with Gasteiger partial charge in [-0.15, -0.1) is 0 Å². The summed E-state index contributed by atoms with van der Waals surface area (Å²) in [7, 11) is 0. The Bertz CT molecular complexity index is 159. The van der Waals surface area contributed by atoms with Crippen LogP contribution < -0.4 is 5.73 Å². The fourth-order valence-corrected chi connectivity index (χ4v) is 1.08. The number of ketones is 1. The molecule has 0 aromatic heterocycles. The van der Waals surface area contributed by atoms with Gasteiger partial charge in [-0.1, -0.05) is 13.8 Å². The number of hydrogen-bond donors (Lipinski definition) is 1. The number of hydrogen-bond acceptors (Lipinski definition) is 2. The van der Waals surface area contributed by atoms with Crippen LogP contribution in [0.1, 0.15) is 39.5 Å². The Labute approximate surface area is 68.2 Å². The van der Waals surface area contributed by atoms with Crippen LogP contribution in [0.4, 0.5) is 0 Å². The standard InChI is InChI=1S/C9H17NO/c1-7(2)3-4-8(11)9(10)5-6-9/h7H,3-6,10H2,1-2H3. The predicted molar refractivity (Wildman–Crippen MR) is 45.2 cm³/mol. The van der Waals surface area contributed by atoms with Crippen molar-refractivity contribution in [1.29, 1.82) is 0 Å². The van der Waals surface area contributed by atoms with Gasteiger partial charge in [-0.3, -0.25) is 4.79 Å². The van der Waals surface area contributed by atoms with Gasteiger partial charge in [0, 0.05) is 6.42 Å². The molecule has 0 spiro atoms. The average Bonchev–Trinajstić information content (AvgIpc) is 2.64. The number of carbonyl (C=O) groups is 1. The van der Waals surface area contributed by atoms with Crippen LogP contribution in [0.3, 0.4) is 0 Å². The summed E-state index contributed by atoms with van der Waals surface area (Å²) in [6.45, 7) is 4.26.